The van der Waals surface area contributed by atoms with Crippen LogP contribution in [0.3, 0.4) is 0 Å². The highest BCUT2D eigenvalue weighted by Crippen LogP contribution is 2.35. The molecule has 140 valence electrons. The lowest BCUT2D eigenvalue weighted by molar-refractivity contribution is -0.137. The van der Waals surface area contributed by atoms with Gasteiger partial charge in [-0.05, 0) is 30.5 Å². The van der Waals surface area contributed by atoms with E-state index in [1.807, 2.05) is 13.8 Å². The standard InChI is InChI=1S/C16H22F4N2.2ClH/c1-11(2)9-15(22-7-5-21-6-8-22)13-10-12(16(18,19)20)3-4-14(13)17;;/h3-4,10-11,15,21H,5-9H2,1-2H3;2*1H/t15-;;/m1../s1. The Hall–Kier alpha value is -0.560. The van der Waals surface area contributed by atoms with Crippen LogP contribution in [-0.2, 0) is 6.18 Å². The zero-order valence-electron chi connectivity index (χ0n) is 13.7. The van der Waals surface area contributed by atoms with Crippen LogP contribution in [-0.4, -0.2) is 31.1 Å². The molecule has 0 radical (unpaired) electrons. The van der Waals surface area contributed by atoms with Gasteiger partial charge in [0.1, 0.15) is 5.82 Å². The van der Waals surface area contributed by atoms with Crippen LogP contribution in [0.25, 0.3) is 0 Å². The lowest BCUT2D eigenvalue weighted by Crippen LogP contribution is -2.45. The number of piperazine rings is 1. The molecule has 0 bridgehead atoms. The molecule has 1 heterocycles. The molecule has 0 amide bonds. The molecule has 1 aliphatic heterocycles. The van der Waals surface area contributed by atoms with Gasteiger partial charge in [-0.25, -0.2) is 4.39 Å². The van der Waals surface area contributed by atoms with Crippen molar-refractivity contribution in [1.82, 2.24) is 10.2 Å². The molecule has 1 atom stereocenters. The van der Waals surface area contributed by atoms with Crippen LogP contribution in [0.15, 0.2) is 18.2 Å². The molecule has 0 spiro atoms. The molecule has 0 saturated carbocycles. The van der Waals surface area contributed by atoms with Gasteiger partial charge >= 0.3 is 6.18 Å². The van der Waals surface area contributed by atoms with Crippen molar-refractivity contribution in [1.29, 1.82) is 0 Å². The normalized spacial score (nSPS) is 17.1. The van der Waals surface area contributed by atoms with Crippen molar-refractivity contribution in [3.8, 4) is 0 Å². The molecule has 1 aromatic carbocycles. The van der Waals surface area contributed by atoms with E-state index in [2.05, 4.69) is 10.2 Å². The van der Waals surface area contributed by atoms with Crippen LogP contribution in [0.2, 0.25) is 0 Å². The summed E-state index contributed by atoms with van der Waals surface area (Å²) in [6, 6.07) is 2.41. The van der Waals surface area contributed by atoms with E-state index in [4.69, 9.17) is 0 Å². The number of benzene rings is 1. The van der Waals surface area contributed by atoms with Gasteiger partial charge in [0.05, 0.1) is 5.56 Å². The smallest absolute Gasteiger partial charge is 0.314 e. The first-order chi connectivity index (χ1) is 10.3. The minimum absolute atomic E-state index is 0. The molecule has 1 saturated heterocycles. The fraction of sp³-hybridized carbons (Fsp3) is 0.625. The highest BCUT2D eigenvalue weighted by molar-refractivity contribution is 5.85. The summed E-state index contributed by atoms with van der Waals surface area (Å²) in [7, 11) is 0. The molecular formula is C16H24Cl2F4N2. The minimum Gasteiger partial charge on any atom is -0.314 e. The van der Waals surface area contributed by atoms with Crippen LogP contribution in [0.1, 0.15) is 37.4 Å². The molecular weight excluding hydrogens is 367 g/mol. The van der Waals surface area contributed by atoms with Crippen molar-refractivity contribution in [3.05, 3.63) is 35.1 Å². The highest BCUT2D eigenvalue weighted by Gasteiger charge is 2.33. The molecule has 0 aromatic heterocycles. The molecule has 2 rings (SSSR count). The minimum atomic E-state index is -4.45. The van der Waals surface area contributed by atoms with E-state index in [0.29, 0.717) is 19.5 Å². The number of hydrogen-bond donors (Lipinski definition) is 1. The zero-order chi connectivity index (χ0) is 16.3. The van der Waals surface area contributed by atoms with E-state index in [1.54, 1.807) is 0 Å². The van der Waals surface area contributed by atoms with E-state index >= 15 is 0 Å². The molecule has 8 heteroatoms. The molecule has 0 aliphatic carbocycles. The van der Waals surface area contributed by atoms with Gasteiger partial charge in [-0.3, -0.25) is 4.90 Å². The van der Waals surface area contributed by atoms with E-state index in [9.17, 15) is 17.6 Å². The van der Waals surface area contributed by atoms with Gasteiger partial charge in [0.2, 0.25) is 0 Å². The number of halogens is 6. The topological polar surface area (TPSA) is 15.3 Å². The summed E-state index contributed by atoms with van der Waals surface area (Å²) in [5.41, 5.74) is -0.627. The second-order valence-corrected chi connectivity index (χ2v) is 6.17. The molecule has 24 heavy (non-hydrogen) atoms. The summed E-state index contributed by atoms with van der Waals surface area (Å²) in [6.45, 7) is 6.98. The number of nitrogens with one attached hydrogen (secondary N) is 1. The summed E-state index contributed by atoms with van der Waals surface area (Å²) >= 11 is 0. The highest BCUT2D eigenvalue weighted by atomic mass is 35.5. The van der Waals surface area contributed by atoms with E-state index in [1.165, 1.54) is 0 Å². The van der Waals surface area contributed by atoms with Crippen molar-refractivity contribution in [3.63, 3.8) is 0 Å². The summed E-state index contributed by atoms with van der Waals surface area (Å²) in [5.74, 6) is -0.286. The Morgan fingerprint density at radius 1 is 1.12 bits per heavy atom. The third kappa shape index (κ3) is 6.06. The maximum absolute atomic E-state index is 14.2. The summed E-state index contributed by atoms with van der Waals surface area (Å²) < 4.78 is 53.0. The maximum atomic E-state index is 14.2. The Labute approximate surface area is 152 Å². The Morgan fingerprint density at radius 3 is 2.21 bits per heavy atom. The lowest BCUT2D eigenvalue weighted by Gasteiger charge is -2.36. The number of alkyl halides is 3. The Balaban J connectivity index is 0.00000264. The lowest BCUT2D eigenvalue weighted by atomic mass is 9.93. The Morgan fingerprint density at radius 2 is 1.71 bits per heavy atom. The van der Waals surface area contributed by atoms with Crippen LogP contribution >= 0.6 is 24.8 Å². The molecule has 2 nitrogen and oxygen atoms in total. The van der Waals surface area contributed by atoms with Crippen LogP contribution in [0.5, 0.6) is 0 Å². The Bertz CT molecular complexity index is 503. The second-order valence-electron chi connectivity index (χ2n) is 6.17. The van der Waals surface area contributed by atoms with E-state index in [-0.39, 0.29) is 42.3 Å². The largest absolute Gasteiger partial charge is 0.416 e. The Kier molecular flexibility index (Phi) is 9.57. The average Bonchev–Trinajstić information content (AvgIpc) is 2.45. The van der Waals surface area contributed by atoms with Crippen molar-refractivity contribution in [2.75, 3.05) is 26.2 Å². The van der Waals surface area contributed by atoms with Gasteiger partial charge in [0.25, 0.3) is 0 Å². The number of hydrogen-bond acceptors (Lipinski definition) is 2. The summed E-state index contributed by atoms with van der Waals surface area (Å²) in [6.07, 6.45) is -3.81. The zero-order valence-corrected chi connectivity index (χ0v) is 15.3. The second kappa shape index (κ2) is 9.80. The predicted molar refractivity (Wildman–Crippen MR) is 92.5 cm³/mol. The average molecular weight is 391 g/mol. The molecule has 1 N–H and O–H groups in total. The fourth-order valence-corrected chi connectivity index (χ4v) is 2.89. The SMILES string of the molecule is CC(C)C[C@H](c1cc(C(F)(F)F)ccc1F)N1CCNCC1.Cl.Cl. The van der Waals surface area contributed by atoms with Crippen LogP contribution in [0, 0.1) is 11.7 Å². The van der Waals surface area contributed by atoms with Gasteiger partial charge < -0.3 is 5.32 Å². The van der Waals surface area contributed by atoms with Crippen molar-refractivity contribution in [2.45, 2.75) is 32.5 Å². The van der Waals surface area contributed by atoms with Gasteiger partial charge in [-0.1, -0.05) is 13.8 Å². The molecule has 1 aliphatic rings. The third-order valence-electron chi connectivity index (χ3n) is 3.97. The van der Waals surface area contributed by atoms with Crippen molar-refractivity contribution in [2.24, 2.45) is 5.92 Å². The fourth-order valence-electron chi connectivity index (χ4n) is 2.89. The number of nitrogens with zero attached hydrogens (tertiary/aromatic N) is 1. The molecule has 0 unspecified atom stereocenters. The van der Waals surface area contributed by atoms with Crippen molar-refractivity contribution < 1.29 is 17.6 Å². The van der Waals surface area contributed by atoms with Crippen LogP contribution < -0.4 is 5.32 Å². The molecule has 1 fully saturated rings. The summed E-state index contributed by atoms with van der Waals surface area (Å²) in [4.78, 5) is 2.08. The monoisotopic (exact) mass is 390 g/mol. The summed E-state index contributed by atoms with van der Waals surface area (Å²) in [5, 5.41) is 3.21. The first-order valence-electron chi connectivity index (χ1n) is 7.60. The molecule has 1 aromatic rings. The van der Waals surface area contributed by atoms with Crippen molar-refractivity contribution >= 4 is 24.8 Å². The van der Waals surface area contributed by atoms with Gasteiger partial charge in [-0.2, -0.15) is 13.2 Å². The number of rotatable bonds is 4. The maximum Gasteiger partial charge on any atom is 0.416 e. The van der Waals surface area contributed by atoms with Gasteiger partial charge in [-0.15, -0.1) is 24.8 Å². The third-order valence-corrected chi connectivity index (χ3v) is 3.97. The quantitative estimate of drug-likeness (QED) is 0.750. The van der Waals surface area contributed by atoms with E-state index < -0.39 is 17.6 Å². The predicted octanol–water partition coefficient (Wildman–Crippen LogP) is 4.68. The van der Waals surface area contributed by atoms with Gasteiger partial charge in [0.15, 0.2) is 0 Å². The first-order valence-corrected chi connectivity index (χ1v) is 7.60. The first kappa shape index (κ1) is 23.4. The van der Waals surface area contributed by atoms with E-state index in [0.717, 1.165) is 31.3 Å². The van der Waals surface area contributed by atoms with Crippen LogP contribution in [0.4, 0.5) is 17.6 Å². The van der Waals surface area contributed by atoms with Gasteiger partial charge in [0, 0.05) is 37.8 Å².